The van der Waals surface area contributed by atoms with Crippen LogP contribution in [-0.2, 0) is 0 Å². The van der Waals surface area contributed by atoms with Crippen molar-refractivity contribution in [3.63, 3.8) is 0 Å². The van der Waals surface area contributed by atoms with Gasteiger partial charge in [0.25, 0.3) is 0 Å². The van der Waals surface area contributed by atoms with E-state index in [1.807, 2.05) is 6.92 Å². The van der Waals surface area contributed by atoms with E-state index in [0.717, 1.165) is 5.70 Å². The molecule has 0 unspecified atom stereocenters. The van der Waals surface area contributed by atoms with Crippen LogP contribution in [0.1, 0.15) is 55.4 Å². The molecule has 94 valence electrons. The third-order valence-electron chi connectivity index (χ3n) is 3.13. The molecule has 1 heteroatoms. The molecule has 0 fully saturated rings. The molecule has 0 heterocycles. The Morgan fingerprint density at radius 2 is 1.12 bits per heavy atom. The molecule has 0 amide bonds. The highest BCUT2D eigenvalue weighted by Gasteiger charge is 2.18. The van der Waals surface area contributed by atoms with Gasteiger partial charge in [-0.15, -0.1) is 0 Å². The number of rotatable bonds is 4. The molecule has 2 N–H and O–H groups in total. The summed E-state index contributed by atoms with van der Waals surface area (Å²) in [6.07, 6.45) is 0. The van der Waals surface area contributed by atoms with Crippen LogP contribution >= 0.6 is 0 Å². The van der Waals surface area contributed by atoms with Crippen LogP contribution in [0, 0.1) is 17.8 Å². The second-order valence-corrected chi connectivity index (χ2v) is 5.64. The topological polar surface area (TPSA) is 26.0 Å². The fraction of sp³-hybridized carbons (Fsp3) is 0.733. The molecule has 1 nitrogen and oxygen atoms in total. The lowest BCUT2D eigenvalue weighted by atomic mass is 9.80. The molecule has 0 aliphatic heterocycles. The average molecular weight is 223 g/mol. The van der Waals surface area contributed by atoms with Gasteiger partial charge in [-0.3, -0.25) is 0 Å². The third-order valence-corrected chi connectivity index (χ3v) is 3.13. The van der Waals surface area contributed by atoms with Crippen LogP contribution in [0.5, 0.6) is 0 Å². The van der Waals surface area contributed by atoms with Crippen molar-refractivity contribution in [2.24, 2.45) is 23.5 Å². The molecule has 0 spiro atoms. The van der Waals surface area contributed by atoms with E-state index in [2.05, 4.69) is 48.5 Å². The summed E-state index contributed by atoms with van der Waals surface area (Å²) in [6, 6.07) is 0. The van der Waals surface area contributed by atoms with E-state index in [0.29, 0.717) is 17.8 Å². The van der Waals surface area contributed by atoms with Crippen molar-refractivity contribution < 1.29 is 0 Å². The van der Waals surface area contributed by atoms with Gasteiger partial charge in [0.2, 0.25) is 0 Å². The minimum atomic E-state index is 0.540. The predicted octanol–water partition coefficient (Wildman–Crippen LogP) is 4.50. The fourth-order valence-electron chi connectivity index (χ4n) is 2.48. The quantitative estimate of drug-likeness (QED) is 0.698. The predicted molar refractivity (Wildman–Crippen MR) is 74.1 cm³/mol. The minimum Gasteiger partial charge on any atom is -0.402 e. The lowest BCUT2D eigenvalue weighted by Gasteiger charge is -2.25. The van der Waals surface area contributed by atoms with E-state index < -0.39 is 0 Å². The smallest absolute Gasteiger partial charge is 0.00814 e. The van der Waals surface area contributed by atoms with Crippen molar-refractivity contribution in [1.82, 2.24) is 0 Å². The third kappa shape index (κ3) is 3.70. The van der Waals surface area contributed by atoms with Gasteiger partial charge in [-0.25, -0.2) is 0 Å². The molecule has 0 aromatic heterocycles. The highest BCUT2D eigenvalue weighted by atomic mass is 14.6. The SMILES string of the molecule is C/C(N)=C(/C)C(=C(C(C)C)C(C)C)C(C)C. The van der Waals surface area contributed by atoms with Gasteiger partial charge < -0.3 is 5.73 Å². The van der Waals surface area contributed by atoms with E-state index >= 15 is 0 Å². The Kier molecular flexibility index (Phi) is 5.85. The first-order valence-electron chi connectivity index (χ1n) is 6.37. The molecule has 0 radical (unpaired) electrons. The van der Waals surface area contributed by atoms with Gasteiger partial charge in [0, 0.05) is 5.70 Å². The average Bonchev–Trinajstić information content (AvgIpc) is 2.10. The molecule has 0 atom stereocenters. The summed E-state index contributed by atoms with van der Waals surface area (Å²) in [7, 11) is 0. The number of nitrogens with two attached hydrogens (primary N) is 1. The first-order valence-corrected chi connectivity index (χ1v) is 6.37. The molecule has 0 saturated carbocycles. The molecule has 0 bridgehead atoms. The monoisotopic (exact) mass is 223 g/mol. The lowest BCUT2D eigenvalue weighted by molar-refractivity contribution is 0.591. The van der Waals surface area contributed by atoms with E-state index in [4.69, 9.17) is 5.73 Å². The van der Waals surface area contributed by atoms with Crippen LogP contribution in [0.4, 0.5) is 0 Å². The summed E-state index contributed by atoms with van der Waals surface area (Å²) in [5.41, 5.74) is 11.2. The summed E-state index contributed by atoms with van der Waals surface area (Å²) >= 11 is 0. The molecular formula is C15H29N. The summed E-state index contributed by atoms with van der Waals surface area (Å²) in [4.78, 5) is 0. The van der Waals surface area contributed by atoms with Crippen molar-refractivity contribution in [3.05, 3.63) is 22.4 Å². The van der Waals surface area contributed by atoms with Crippen LogP contribution in [0.15, 0.2) is 22.4 Å². The zero-order chi connectivity index (χ0) is 13.0. The normalized spacial score (nSPS) is 13.4. The van der Waals surface area contributed by atoms with Crippen molar-refractivity contribution in [1.29, 1.82) is 0 Å². The van der Waals surface area contributed by atoms with E-state index in [1.165, 1.54) is 11.1 Å². The molecule has 0 rings (SSSR count). The molecule has 0 aromatic rings. The molecular weight excluding hydrogens is 194 g/mol. The number of hydrogen-bond donors (Lipinski definition) is 1. The highest BCUT2D eigenvalue weighted by Crippen LogP contribution is 2.32. The van der Waals surface area contributed by atoms with Gasteiger partial charge >= 0.3 is 0 Å². The molecule has 0 aromatic carbocycles. The standard InChI is InChI=1S/C15H29N/c1-9(2)14(10(3)4)15(11(5)6)12(7)13(8)16/h9-11H,16H2,1-8H3/b13-12+. The second-order valence-electron chi connectivity index (χ2n) is 5.64. The summed E-state index contributed by atoms with van der Waals surface area (Å²) in [5, 5.41) is 0. The maximum Gasteiger partial charge on any atom is 0.00814 e. The highest BCUT2D eigenvalue weighted by molar-refractivity contribution is 5.39. The first-order chi connectivity index (χ1) is 7.20. The Balaban J connectivity index is 5.80. The largest absolute Gasteiger partial charge is 0.402 e. The molecule has 0 aliphatic carbocycles. The minimum absolute atomic E-state index is 0.540. The fourth-order valence-corrected chi connectivity index (χ4v) is 2.48. The van der Waals surface area contributed by atoms with Gasteiger partial charge in [-0.1, -0.05) is 47.1 Å². The van der Waals surface area contributed by atoms with Gasteiger partial charge in [-0.05, 0) is 42.7 Å². The Morgan fingerprint density at radius 1 is 0.750 bits per heavy atom. The van der Waals surface area contributed by atoms with Crippen LogP contribution < -0.4 is 5.73 Å². The van der Waals surface area contributed by atoms with Crippen LogP contribution in [0.25, 0.3) is 0 Å². The first kappa shape index (κ1) is 15.3. The Morgan fingerprint density at radius 3 is 1.31 bits per heavy atom. The zero-order valence-electron chi connectivity index (χ0n) is 12.3. The van der Waals surface area contributed by atoms with Crippen LogP contribution in [0.2, 0.25) is 0 Å². The van der Waals surface area contributed by atoms with E-state index in [1.54, 1.807) is 5.57 Å². The summed E-state index contributed by atoms with van der Waals surface area (Å²) < 4.78 is 0. The Bertz CT molecular complexity index is 277. The van der Waals surface area contributed by atoms with Gasteiger partial charge in [0.15, 0.2) is 0 Å². The van der Waals surface area contributed by atoms with E-state index in [-0.39, 0.29) is 0 Å². The molecule has 0 saturated heterocycles. The van der Waals surface area contributed by atoms with Crippen LogP contribution in [-0.4, -0.2) is 0 Å². The van der Waals surface area contributed by atoms with Gasteiger partial charge in [-0.2, -0.15) is 0 Å². The van der Waals surface area contributed by atoms with Crippen molar-refractivity contribution in [2.75, 3.05) is 0 Å². The maximum absolute atomic E-state index is 5.96. The summed E-state index contributed by atoms with van der Waals surface area (Å²) in [5.74, 6) is 1.72. The molecule has 0 aliphatic rings. The second kappa shape index (κ2) is 6.12. The number of allylic oxidation sites excluding steroid dienone is 4. The zero-order valence-corrected chi connectivity index (χ0v) is 12.3. The van der Waals surface area contributed by atoms with Gasteiger partial charge in [0.1, 0.15) is 0 Å². The Labute approximate surface area is 102 Å². The van der Waals surface area contributed by atoms with Crippen molar-refractivity contribution in [3.8, 4) is 0 Å². The van der Waals surface area contributed by atoms with Crippen molar-refractivity contribution in [2.45, 2.75) is 55.4 Å². The van der Waals surface area contributed by atoms with Crippen LogP contribution in [0.3, 0.4) is 0 Å². The van der Waals surface area contributed by atoms with Crippen molar-refractivity contribution >= 4 is 0 Å². The summed E-state index contributed by atoms with van der Waals surface area (Å²) in [6.45, 7) is 17.8. The maximum atomic E-state index is 5.96. The molecule has 16 heavy (non-hydrogen) atoms. The van der Waals surface area contributed by atoms with Gasteiger partial charge in [0.05, 0.1) is 0 Å². The lowest BCUT2D eigenvalue weighted by Crippen LogP contribution is -2.13. The Hall–Kier alpha value is -0.720. The number of hydrogen-bond acceptors (Lipinski definition) is 1. The van der Waals surface area contributed by atoms with E-state index in [9.17, 15) is 0 Å².